The SMILES string of the molecule is C=C(C)C(=O)O[Si](CCC(C)C)(CCC(C)C)CCC(C)C. The van der Waals surface area contributed by atoms with Crippen molar-refractivity contribution < 1.29 is 9.22 Å². The van der Waals surface area contributed by atoms with Crippen LogP contribution in [-0.2, 0) is 9.22 Å². The fourth-order valence-corrected chi connectivity index (χ4v) is 7.40. The molecule has 0 aliphatic carbocycles. The number of rotatable bonds is 11. The molecule has 0 aliphatic heterocycles. The zero-order valence-electron chi connectivity index (χ0n) is 16.0. The molecule has 0 saturated carbocycles. The van der Waals surface area contributed by atoms with Crippen molar-refractivity contribution in [3.05, 3.63) is 12.2 Å². The van der Waals surface area contributed by atoms with Gasteiger partial charge in [-0.2, -0.15) is 0 Å². The van der Waals surface area contributed by atoms with E-state index in [9.17, 15) is 4.79 Å². The van der Waals surface area contributed by atoms with Crippen LogP contribution in [0.4, 0.5) is 0 Å². The average molecular weight is 327 g/mol. The molecule has 0 amide bonds. The minimum atomic E-state index is -2.02. The van der Waals surface area contributed by atoms with E-state index in [0.29, 0.717) is 23.3 Å². The van der Waals surface area contributed by atoms with E-state index < -0.39 is 8.32 Å². The summed E-state index contributed by atoms with van der Waals surface area (Å²) in [5.41, 5.74) is 0.538. The highest BCUT2D eigenvalue weighted by Gasteiger charge is 2.38. The van der Waals surface area contributed by atoms with Gasteiger partial charge in [-0.15, -0.1) is 0 Å². The first-order valence-electron chi connectivity index (χ1n) is 8.97. The molecule has 0 aromatic rings. The lowest BCUT2D eigenvalue weighted by atomic mass is 10.2. The van der Waals surface area contributed by atoms with Crippen LogP contribution >= 0.6 is 0 Å². The fraction of sp³-hybridized carbons (Fsp3) is 0.842. The number of hydrogen-bond acceptors (Lipinski definition) is 2. The number of carbonyl (C=O) groups excluding carboxylic acids is 1. The van der Waals surface area contributed by atoms with E-state index in [1.165, 1.54) is 0 Å². The van der Waals surface area contributed by atoms with Crippen LogP contribution in [0.25, 0.3) is 0 Å². The lowest BCUT2D eigenvalue weighted by Crippen LogP contribution is -2.41. The van der Waals surface area contributed by atoms with Crippen LogP contribution in [0.15, 0.2) is 12.2 Å². The first-order chi connectivity index (χ1) is 10.1. The molecule has 3 heteroatoms. The van der Waals surface area contributed by atoms with Gasteiger partial charge in [-0.25, -0.2) is 4.79 Å². The topological polar surface area (TPSA) is 26.3 Å². The molecular formula is C19H38O2Si. The van der Waals surface area contributed by atoms with E-state index in [4.69, 9.17) is 4.43 Å². The molecule has 0 rings (SSSR count). The lowest BCUT2D eigenvalue weighted by molar-refractivity contribution is -0.131. The molecule has 0 aliphatic rings. The van der Waals surface area contributed by atoms with Gasteiger partial charge in [0.15, 0.2) is 0 Å². The number of carbonyl (C=O) groups is 1. The van der Waals surface area contributed by atoms with E-state index >= 15 is 0 Å². The van der Waals surface area contributed by atoms with Crippen molar-refractivity contribution >= 4 is 14.3 Å². The molecule has 22 heavy (non-hydrogen) atoms. The Morgan fingerprint density at radius 1 is 0.864 bits per heavy atom. The fourth-order valence-electron chi connectivity index (χ4n) is 2.47. The van der Waals surface area contributed by atoms with Crippen LogP contribution in [0.5, 0.6) is 0 Å². The molecule has 0 spiro atoms. The molecule has 0 bridgehead atoms. The normalized spacial score (nSPS) is 12.3. The Hall–Kier alpha value is -0.573. The standard InChI is InChI=1S/C19H38O2Si/c1-15(2)9-12-22(13-10-16(3)4,14-11-17(5)6)21-19(20)18(7)8/h15-17H,7,9-14H2,1-6,8H3. The predicted octanol–water partition coefficient (Wildman–Crippen LogP) is 6.19. The maximum Gasteiger partial charge on any atom is 0.319 e. The van der Waals surface area contributed by atoms with E-state index in [-0.39, 0.29) is 5.97 Å². The van der Waals surface area contributed by atoms with E-state index in [0.717, 1.165) is 37.4 Å². The Morgan fingerprint density at radius 3 is 1.41 bits per heavy atom. The van der Waals surface area contributed by atoms with Gasteiger partial charge in [-0.05, 0) is 42.8 Å². The summed E-state index contributed by atoms with van der Waals surface area (Å²) in [4.78, 5) is 12.2. The van der Waals surface area contributed by atoms with Crippen LogP contribution in [0.2, 0.25) is 18.1 Å². The van der Waals surface area contributed by atoms with Gasteiger partial charge in [-0.3, -0.25) is 0 Å². The van der Waals surface area contributed by atoms with Crippen molar-refractivity contribution in [1.29, 1.82) is 0 Å². The van der Waals surface area contributed by atoms with Crippen LogP contribution in [0.1, 0.15) is 67.7 Å². The van der Waals surface area contributed by atoms with E-state index in [1.807, 2.05) is 0 Å². The van der Waals surface area contributed by atoms with E-state index in [2.05, 4.69) is 48.1 Å². The monoisotopic (exact) mass is 326 g/mol. The summed E-state index contributed by atoms with van der Waals surface area (Å²) in [7, 11) is -2.02. The van der Waals surface area contributed by atoms with Gasteiger partial charge in [0, 0.05) is 5.57 Å². The largest absolute Gasteiger partial charge is 0.516 e. The van der Waals surface area contributed by atoms with Crippen LogP contribution in [0, 0.1) is 17.8 Å². The quantitative estimate of drug-likeness (QED) is 0.334. The summed E-state index contributed by atoms with van der Waals surface area (Å²) < 4.78 is 6.15. The highest BCUT2D eigenvalue weighted by Crippen LogP contribution is 2.32. The molecule has 130 valence electrons. The first kappa shape index (κ1) is 21.4. The Labute approximate surface area is 139 Å². The molecule has 0 radical (unpaired) electrons. The van der Waals surface area contributed by atoms with Gasteiger partial charge in [0.2, 0.25) is 0 Å². The zero-order valence-corrected chi connectivity index (χ0v) is 17.0. The van der Waals surface area contributed by atoms with Crippen LogP contribution in [0.3, 0.4) is 0 Å². The molecule has 0 unspecified atom stereocenters. The Bertz CT molecular complexity index is 314. The molecule has 0 aromatic carbocycles. The summed E-state index contributed by atoms with van der Waals surface area (Å²) in [6.45, 7) is 19.1. The predicted molar refractivity (Wildman–Crippen MR) is 99.4 cm³/mol. The summed E-state index contributed by atoms with van der Waals surface area (Å²) in [6, 6.07) is 3.30. The Balaban J connectivity index is 5.16. The number of hydrogen-bond donors (Lipinski definition) is 0. The Kier molecular flexibility index (Phi) is 9.98. The van der Waals surface area contributed by atoms with Crippen molar-refractivity contribution in [2.45, 2.75) is 85.9 Å². The molecule has 0 heterocycles. The minimum absolute atomic E-state index is 0.164. The first-order valence-corrected chi connectivity index (χ1v) is 11.5. The smallest absolute Gasteiger partial charge is 0.319 e. The second-order valence-electron chi connectivity index (χ2n) is 8.15. The van der Waals surface area contributed by atoms with Gasteiger partial charge in [0.05, 0.1) is 0 Å². The van der Waals surface area contributed by atoms with Gasteiger partial charge in [0.1, 0.15) is 0 Å². The summed E-state index contributed by atoms with van der Waals surface area (Å²) in [6.07, 6.45) is 3.48. The maximum atomic E-state index is 12.2. The summed E-state index contributed by atoms with van der Waals surface area (Å²) >= 11 is 0. The van der Waals surface area contributed by atoms with Crippen molar-refractivity contribution in [3.8, 4) is 0 Å². The molecule has 0 atom stereocenters. The molecular weight excluding hydrogens is 288 g/mol. The van der Waals surface area contributed by atoms with Crippen LogP contribution < -0.4 is 0 Å². The third-order valence-corrected chi connectivity index (χ3v) is 8.41. The lowest BCUT2D eigenvalue weighted by Gasteiger charge is -2.33. The second kappa shape index (κ2) is 10.2. The summed E-state index contributed by atoms with van der Waals surface area (Å²) in [5.74, 6) is 1.82. The summed E-state index contributed by atoms with van der Waals surface area (Å²) in [5, 5.41) is 0. The molecule has 0 saturated heterocycles. The average Bonchev–Trinajstić information content (AvgIpc) is 2.39. The highest BCUT2D eigenvalue weighted by atomic mass is 28.4. The molecule has 0 fully saturated rings. The van der Waals surface area contributed by atoms with Gasteiger partial charge in [0.25, 0.3) is 8.32 Å². The minimum Gasteiger partial charge on any atom is -0.516 e. The zero-order chi connectivity index (χ0) is 17.3. The molecule has 0 aromatic heterocycles. The second-order valence-corrected chi connectivity index (χ2v) is 12.2. The molecule has 2 nitrogen and oxygen atoms in total. The van der Waals surface area contributed by atoms with Crippen molar-refractivity contribution in [2.24, 2.45) is 17.8 Å². The highest BCUT2D eigenvalue weighted by molar-refractivity contribution is 6.75. The van der Waals surface area contributed by atoms with Gasteiger partial charge in [-0.1, -0.05) is 67.4 Å². The van der Waals surface area contributed by atoms with Crippen molar-refractivity contribution in [3.63, 3.8) is 0 Å². The van der Waals surface area contributed by atoms with Gasteiger partial charge < -0.3 is 4.43 Å². The van der Waals surface area contributed by atoms with Crippen molar-refractivity contribution in [1.82, 2.24) is 0 Å². The third-order valence-electron chi connectivity index (χ3n) is 4.19. The Morgan fingerprint density at radius 2 is 1.18 bits per heavy atom. The van der Waals surface area contributed by atoms with Gasteiger partial charge >= 0.3 is 5.97 Å². The molecule has 0 N–H and O–H groups in total. The third kappa shape index (κ3) is 9.45. The van der Waals surface area contributed by atoms with E-state index in [1.54, 1.807) is 6.92 Å². The van der Waals surface area contributed by atoms with Crippen molar-refractivity contribution in [2.75, 3.05) is 0 Å². The van der Waals surface area contributed by atoms with Crippen LogP contribution in [-0.4, -0.2) is 14.3 Å². The maximum absolute atomic E-state index is 12.2.